The van der Waals surface area contributed by atoms with Gasteiger partial charge in [-0.3, -0.25) is 0 Å². The molecule has 3 rings (SSSR count). The van der Waals surface area contributed by atoms with Crippen LogP contribution in [0, 0.1) is 13.8 Å². The Morgan fingerprint density at radius 1 is 1.29 bits per heavy atom. The molecule has 1 fully saturated rings. The Morgan fingerprint density at radius 2 is 2.12 bits per heavy atom. The summed E-state index contributed by atoms with van der Waals surface area (Å²) in [6.07, 6.45) is 2.56. The lowest BCUT2D eigenvalue weighted by Gasteiger charge is -2.20. The zero-order valence-electron chi connectivity index (χ0n) is 10.4. The van der Waals surface area contributed by atoms with Gasteiger partial charge in [-0.25, -0.2) is 4.98 Å². The monoisotopic (exact) mass is 246 g/mol. The molecule has 2 aromatic rings. The van der Waals surface area contributed by atoms with Crippen molar-refractivity contribution in [2.24, 2.45) is 0 Å². The van der Waals surface area contributed by atoms with E-state index in [1.807, 2.05) is 11.3 Å². The number of piperidine rings is 1. The second-order valence-electron chi connectivity index (χ2n) is 4.97. The zero-order valence-corrected chi connectivity index (χ0v) is 11.2. The second-order valence-corrected chi connectivity index (χ2v) is 6.00. The molecule has 2 nitrogen and oxygen atoms in total. The van der Waals surface area contributed by atoms with E-state index in [9.17, 15) is 0 Å². The topological polar surface area (TPSA) is 24.9 Å². The Balaban J connectivity index is 2.06. The maximum absolute atomic E-state index is 4.88. The van der Waals surface area contributed by atoms with Gasteiger partial charge in [0.1, 0.15) is 0 Å². The van der Waals surface area contributed by atoms with E-state index in [-0.39, 0.29) is 0 Å². The minimum absolute atomic E-state index is 0.625. The van der Waals surface area contributed by atoms with Gasteiger partial charge in [0.2, 0.25) is 0 Å². The summed E-state index contributed by atoms with van der Waals surface area (Å²) in [4.78, 5) is 4.88. The van der Waals surface area contributed by atoms with Crippen molar-refractivity contribution in [1.82, 2.24) is 10.3 Å². The van der Waals surface area contributed by atoms with Crippen LogP contribution in [-0.2, 0) is 0 Å². The van der Waals surface area contributed by atoms with Crippen LogP contribution in [0.4, 0.5) is 0 Å². The molecule has 3 heteroatoms. The molecule has 0 aliphatic carbocycles. The normalized spacial score (nSPS) is 20.9. The summed E-state index contributed by atoms with van der Waals surface area (Å²) in [5, 5.41) is 4.80. The van der Waals surface area contributed by atoms with E-state index in [1.54, 1.807) is 0 Å². The summed E-state index contributed by atoms with van der Waals surface area (Å²) in [6, 6.07) is 4.39. The number of aromatic nitrogens is 1. The maximum Gasteiger partial charge on any atom is 0.0982 e. The van der Waals surface area contributed by atoms with Crippen molar-refractivity contribution in [3.63, 3.8) is 0 Å². The van der Waals surface area contributed by atoms with Crippen molar-refractivity contribution in [2.45, 2.75) is 32.6 Å². The van der Waals surface area contributed by atoms with Gasteiger partial charge in [0.15, 0.2) is 0 Å². The number of hydrogen-bond donors (Lipinski definition) is 1. The van der Waals surface area contributed by atoms with Crippen molar-refractivity contribution in [3.05, 3.63) is 28.3 Å². The van der Waals surface area contributed by atoms with Crippen molar-refractivity contribution >= 4 is 21.6 Å². The predicted molar refractivity (Wildman–Crippen MR) is 73.9 cm³/mol. The van der Waals surface area contributed by atoms with Crippen molar-refractivity contribution in [3.8, 4) is 0 Å². The van der Waals surface area contributed by atoms with Crippen molar-refractivity contribution in [1.29, 1.82) is 0 Å². The van der Waals surface area contributed by atoms with Crippen LogP contribution in [0.25, 0.3) is 10.2 Å². The molecule has 1 N–H and O–H groups in total. The van der Waals surface area contributed by atoms with Crippen LogP contribution in [-0.4, -0.2) is 18.1 Å². The molecule has 1 aliphatic heterocycles. The Hall–Kier alpha value is -0.930. The fourth-order valence-electron chi connectivity index (χ4n) is 2.51. The van der Waals surface area contributed by atoms with Crippen molar-refractivity contribution < 1.29 is 0 Å². The van der Waals surface area contributed by atoms with Crippen LogP contribution < -0.4 is 5.32 Å². The highest BCUT2D eigenvalue weighted by molar-refractivity contribution is 7.18. The van der Waals surface area contributed by atoms with E-state index in [0.717, 1.165) is 6.54 Å². The number of aryl methyl sites for hydroxylation is 2. The SMILES string of the molecule is Cc1ccc(C)c2sc(C3CCCNC3)nc12. The average molecular weight is 246 g/mol. The Morgan fingerprint density at radius 3 is 2.82 bits per heavy atom. The van der Waals surface area contributed by atoms with Gasteiger partial charge in [0.25, 0.3) is 0 Å². The highest BCUT2D eigenvalue weighted by Gasteiger charge is 2.19. The first-order chi connectivity index (χ1) is 8.25. The van der Waals surface area contributed by atoms with Crippen LogP contribution in [0.5, 0.6) is 0 Å². The first kappa shape index (κ1) is 11.2. The molecule has 1 unspecified atom stereocenters. The first-order valence-corrected chi connectivity index (χ1v) is 7.14. The standard InChI is InChI=1S/C14H18N2S/c1-9-5-6-10(2)13-12(9)16-14(17-13)11-4-3-7-15-8-11/h5-6,11,15H,3-4,7-8H2,1-2H3. The van der Waals surface area contributed by atoms with Crippen LogP contribution in [0.15, 0.2) is 12.1 Å². The quantitative estimate of drug-likeness (QED) is 0.834. The highest BCUT2D eigenvalue weighted by Crippen LogP contribution is 2.33. The van der Waals surface area contributed by atoms with Gasteiger partial charge in [-0.2, -0.15) is 0 Å². The van der Waals surface area contributed by atoms with E-state index in [0.29, 0.717) is 5.92 Å². The fourth-order valence-corrected chi connectivity index (χ4v) is 3.76. The number of nitrogens with one attached hydrogen (secondary N) is 1. The van der Waals surface area contributed by atoms with Gasteiger partial charge in [0.05, 0.1) is 15.2 Å². The Bertz CT molecular complexity index is 499. The lowest BCUT2D eigenvalue weighted by atomic mass is 10.0. The zero-order chi connectivity index (χ0) is 11.8. The third-order valence-corrected chi connectivity index (χ3v) is 4.96. The van der Waals surface area contributed by atoms with Crippen molar-refractivity contribution in [2.75, 3.05) is 13.1 Å². The Labute approximate surface area is 106 Å². The van der Waals surface area contributed by atoms with E-state index < -0.39 is 0 Å². The molecule has 0 radical (unpaired) electrons. The van der Waals surface area contributed by atoms with Crippen LogP contribution in [0.1, 0.15) is 34.9 Å². The smallest absolute Gasteiger partial charge is 0.0982 e. The summed E-state index contributed by atoms with van der Waals surface area (Å²) in [5.74, 6) is 0.625. The summed E-state index contributed by atoms with van der Waals surface area (Å²) in [7, 11) is 0. The average Bonchev–Trinajstić information content (AvgIpc) is 2.81. The molecule has 1 aromatic heterocycles. The lowest BCUT2D eigenvalue weighted by molar-refractivity contribution is 0.461. The first-order valence-electron chi connectivity index (χ1n) is 6.33. The molecular formula is C14H18N2S. The minimum Gasteiger partial charge on any atom is -0.316 e. The minimum atomic E-state index is 0.625. The number of rotatable bonds is 1. The molecule has 1 aromatic carbocycles. The number of nitrogens with zero attached hydrogens (tertiary/aromatic N) is 1. The summed E-state index contributed by atoms with van der Waals surface area (Å²) < 4.78 is 1.38. The second kappa shape index (κ2) is 4.39. The molecule has 1 saturated heterocycles. The van der Waals surface area contributed by atoms with Gasteiger partial charge in [-0.15, -0.1) is 11.3 Å². The molecule has 1 aliphatic rings. The lowest BCUT2D eigenvalue weighted by Crippen LogP contribution is -2.28. The summed E-state index contributed by atoms with van der Waals surface area (Å²) in [5.41, 5.74) is 3.88. The number of thiazole rings is 1. The highest BCUT2D eigenvalue weighted by atomic mass is 32.1. The molecule has 0 spiro atoms. The molecule has 2 heterocycles. The van der Waals surface area contributed by atoms with Gasteiger partial charge in [-0.05, 0) is 44.4 Å². The largest absolute Gasteiger partial charge is 0.316 e. The Kier molecular flexibility index (Phi) is 2.89. The van der Waals surface area contributed by atoms with Crippen LogP contribution in [0.2, 0.25) is 0 Å². The number of fused-ring (bicyclic) bond motifs is 1. The van der Waals surface area contributed by atoms with Gasteiger partial charge in [-0.1, -0.05) is 12.1 Å². The van der Waals surface area contributed by atoms with E-state index in [1.165, 1.54) is 45.7 Å². The molecule has 0 saturated carbocycles. The fraction of sp³-hybridized carbons (Fsp3) is 0.500. The third-order valence-electron chi connectivity index (χ3n) is 3.60. The summed E-state index contributed by atoms with van der Waals surface area (Å²) >= 11 is 1.89. The van der Waals surface area contributed by atoms with E-state index in [4.69, 9.17) is 4.98 Å². The molecular weight excluding hydrogens is 228 g/mol. The predicted octanol–water partition coefficient (Wildman–Crippen LogP) is 3.38. The van der Waals surface area contributed by atoms with Gasteiger partial charge in [0, 0.05) is 12.5 Å². The molecule has 17 heavy (non-hydrogen) atoms. The number of benzene rings is 1. The van der Waals surface area contributed by atoms with Crippen LogP contribution in [0.3, 0.4) is 0 Å². The maximum atomic E-state index is 4.88. The van der Waals surface area contributed by atoms with E-state index >= 15 is 0 Å². The molecule has 0 amide bonds. The molecule has 1 atom stereocenters. The molecule has 90 valence electrons. The van der Waals surface area contributed by atoms with E-state index in [2.05, 4.69) is 31.3 Å². The third kappa shape index (κ3) is 1.98. The van der Waals surface area contributed by atoms with Gasteiger partial charge >= 0.3 is 0 Å². The van der Waals surface area contributed by atoms with Gasteiger partial charge < -0.3 is 5.32 Å². The number of hydrogen-bond acceptors (Lipinski definition) is 3. The summed E-state index contributed by atoms with van der Waals surface area (Å²) in [6.45, 7) is 6.60. The van der Waals surface area contributed by atoms with Crippen LogP contribution >= 0.6 is 11.3 Å². The molecule has 0 bridgehead atoms.